The van der Waals surface area contributed by atoms with E-state index in [0.29, 0.717) is 10.2 Å². The van der Waals surface area contributed by atoms with Crippen molar-refractivity contribution in [1.29, 1.82) is 0 Å². The van der Waals surface area contributed by atoms with Gasteiger partial charge in [0.15, 0.2) is 0 Å². The van der Waals surface area contributed by atoms with E-state index in [1.165, 1.54) is 22.9 Å². The molecule has 2 amide bonds. The van der Waals surface area contributed by atoms with Crippen molar-refractivity contribution in [1.82, 2.24) is 4.57 Å². The normalized spacial score (nSPS) is 10.1. The summed E-state index contributed by atoms with van der Waals surface area (Å²) in [5.74, 6) is -1.06. The van der Waals surface area contributed by atoms with Crippen molar-refractivity contribution in [2.75, 3.05) is 5.32 Å². The van der Waals surface area contributed by atoms with Crippen LogP contribution in [0.3, 0.4) is 0 Å². The van der Waals surface area contributed by atoms with Crippen molar-refractivity contribution in [2.24, 2.45) is 5.73 Å². The molecule has 0 aliphatic rings. The summed E-state index contributed by atoms with van der Waals surface area (Å²) in [6.45, 7) is -0.161. The van der Waals surface area contributed by atoms with Crippen LogP contribution in [-0.4, -0.2) is 16.4 Å². The largest absolute Gasteiger partial charge is 0.366 e. The van der Waals surface area contributed by atoms with Gasteiger partial charge in [-0.25, -0.2) is 0 Å². The molecule has 2 rings (SSSR count). The number of nitrogens with one attached hydrogen (secondary N) is 1. The molecule has 2 aromatic rings. The number of carbonyl (C=O) groups excluding carboxylic acids is 2. The van der Waals surface area contributed by atoms with Gasteiger partial charge in [0.05, 0.1) is 11.3 Å². The van der Waals surface area contributed by atoms with Crippen LogP contribution >= 0.6 is 15.9 Å². The number of hydrogen-bond acceptors (Lipinski definition) is 3. The highest BCUT2D eigenvalue weighted by Gasteiger charge is 2.11. The number of primary amides is 1. The first-order valence-corrected chi connectivity index (χ1v) is 6.81. The molecule has 6 nitrogen and oxygen atoms in total. The number of hydrogen-bond donors (Lipinski definition) is 2. The van der Waals surface area contributed by atoms with Crippen LogP contribution in [0.1, 0.15) is 10.4 Å². The molecule has 7 heteroatoms. The fraction of sp³-hybridized carbons (Fsp3) is 0.0714. The van der Waals surface area contributed by atoms with Gasteiger partial charge < -0.3 is 15.6 Å². The minimum atomic E-state index is -0.634. The number of nitrogens with two attached hydrogens (primary N) is 1. The first-order valence-electron chi connectivity index (χ1n) is 6.02. The van der Waals surface area contributed by atoms with Gasteiger partial charge in [-0.05, 0) is 34.1 Å². The lowest BCUT2D eigenvalue weighted by Crippen LogP contribution is -2.27. The summed E-state index contributed by atoms with van der Waals surface area (Å²) in [6.07, 6.45) is 1.52. The third kappa shape index (κ3) is 3.79. The third-order valence-corrected chi connectivity index (χ3v) is 3.20. The van der Waals surface area contributed by atoms with Gasteiger partial charge in [0, 0.05) is 16.7 Å². The summed E-state index contributed by atoms with van der Waals surface area (Å²) in [4.78, 5) is 34.9. The molecule has 1 heterocycles. The lowest BCUT2D eigenvalue weighted by Gasteiger charge is -2.10. The number of benzene rings is 1. The fourth-order valence-electron chi connectivity index (χ4n) is 1.78. The quantitative estimate of drug-likeness (QED) is 0.872. The molecule has 0 aliphatic carbocycles. The van der Waals surface area contributed by atoms with E-state index in [1.54, 1.807) is 24.3 Å². The molecule has 21 heavy (non-hydrogen) atoms. The van der Waals surface area contributed by atoms with Crippen molar-refractivity contribution >= 4 is 33.4 Å². The van der Waals surface area contributed by atoms with Crippen LogP contribution in [0.25, 0.3) is 0 Å². The number of amides is 2. The standard InChI is InChI=1S/C14H12BrN3O3/c15-9-5-6-13(20)18(7-9)8-12(19)17-11-4-2-1-3-10(11)14(16)21/h1-7H,8H2,(H2,16,21)(H,17,19). The molecule has 0 atom stereocenters. The second-order valence-electron chi connectivity index (χ2n) is 4.27. The van der Waals surface area contributed by atoms with Crippen LogP contribution in [0.4, 0.5) is 5.69 Å². The Kier molecular flexibility index (Phi) is 4.54. The summed E-state index contributed by atoms with van der Waals surface area (Å²) in [5, 5.41) is 2.57. The number of rotatable bonds is 4. The zero-order valence-corrected chi connectivity index (χ0v) is 12.5. The number of nitrogens with zero attached hydrogens (tertiary/aromatic N) is 1. The Morgan fingerprint density at radius 2 is 1.90 bits per heavy atom. The third-order valence-electron chi connectivity index (χ3n) is 2.73. The van der Waals surface area contributed by atoms with E-state index in [2.05, 4.69) is 21.2 Å². The lowest BCUT2D eigenvalue weighted by molar-refractivity contribution is -0.116. The number of para-hydroxylation sites is 1. The molecule has 1 aromatic heterocycles. The van der Waals surface area contributed by atoms with E-state index >= 15 is 0 Å². The highest BCUT2D eigenvalue weighted by Crippen LogP contribution is 2.14. The Morgan fingerprint density at radius 3 is 2.62 bits per heavy atom. The lowest BCUT2D eigenvalue weighted by atomic mass is 10.1. The number of halogens is 1. The number of aromatic nitrogens is 1. The van der Waals surface area contributed by atoms with Gasteiger partial charge in [0.1, 0.15) is 6.54 Å². The van der Waals surface area contributed by atoms with Crippen LogP contribution in [-0.2, 0) is 11.3 Å². The monoisotopic (exact) mass is 349 g/mol. The molecule has 3 N–H and O–H groups in total. The van der Waals surface area contributed by atoms with E-state index in [1.807, 2.05) is 0 Å². The van der Waals surface area contributed by atoms with Crippen LogP contribution in [0.2, 0.25) is 0 Å². The summed E-state index contributed by atoms with van der Waals surface area (Å²) in [7, 11) is 0. The van der Waals surface area contributed by atoms with E-state index < -0.39 is 11.8 Å². The van der Waals surface area contributed by atoms with E-state index in [9.17, 15) is 14.4 Å². The highest BCUT2D eigenvalue weighted by molar-refractivity contribution is 9.10. The van der Waals surface area contributed by atoms with Gasteiger partial charge in [-0.3, -0.25) is 14.4 Å². The Morgan fingerprint density at radius 1 is 1.19 bits per heavy atom. The maximum Gasteiger partial charge on any atom is 0.251 e. The Bertz CT molecular complexity index is 755. The number of anilines is 1. The molecule has 108 valence electrons. The first kappa shape index (κ1) is 15.0. The zero-order valence-electron chi connectivity index (χ0n) is 10.9. The Hall–Kier alpha value is -2.41. The molecule has 0 unspecified atom stereocenters. The molecule has 0 bridgehead atoms. The van der Waals surface area contributed by atoms with Crippen LogP contribution in [0, 0.1) is 0 Å². The Labute approximate surface area is 128 Å². The maximum absolute atomic E-state index is 12.0. The van der Waals surface area contributed by atoms with Crippen molar-refractivity contribution in [3.63, 3.8) is 0 Å². The summed E-state index contributed by atoms with van der Waals surface area (Å²) < 4.78 is 1.94. The molecule has 0 saturated carbocycles. The van der Waals surface area contributed by atoms with Crippen molar-refractivity contribution in [3.8, 4) is 0 Å². The molecular weight excluding hydrogens is 338 g/mol. The minimum Gasteiger partial charge on any atom is -0.366 e. The summed E-state index contributed by atoms with van der Waals surface area (Å²) >= 11 is 3.23. The molecule has 0 radical (unpaired) electrons. The Balaban J connectivity index is 2.18. The summed E-state index contributed by atoms with van der Waals surface area (Å²) in [5.41, 5.74) is 5.47. The van der Waals surface area contributed by atoms with Gasteiger partial charge in [0.25, 0.3) is 11.5 Å². The highest BCUT2D eigenvalue weighted by atomic mass is 79.9. The van der Waals surface area contributed by atoms with Crippen molar-refractivity contribution in [2.45, 2.75) is 6.54 Å². The molecule has 0 spiro atoms. The smallest absolute Gasteiger partial charge is 0.251 e. The molecule has 1 aromatic carbocycles. The van der Waals surface area contributed by atoms with Crippen molar-refractivity contribution in [3.05, 3.63) is 63.0 Å². The van der Waals surface area contributed by atoms with Gasteiger partial charge in [-0.2, -0.15) is 0 Å². The second kappa shape index (κ2) is 6.36. The minimum absolute atomic E-state index is 0.161. The van der Waals surface area contributed by atoms with Gasteiger partial charge in [-0.15, -0.1) is 0 Å². The zero-order chi connectivity index (χ0) is 15.4. The summed E-state index contributed by atoms with van der Waals surface area (Å²) in [6, 6.07) is 9.36. The molecule has 0 aliphatic heterocycles. The van der Waals surface area contributed by atoms with Crippen molar-refractivity contribution < 1.29 is 9.59 Å². The topological polar surface area (TPSA) is 94.2 Å². The van der Waals surface area contributed by atoms with Crippen LogP contribution in [0.15, 0.2) is 51.9 Å². The predicted octanol–water partition coefficient (Wildman–Crippen LogP) is 1.35. The second-order valence-corrected chi connectivity index (χ2v) is 5.19. The van der Waals surface area contributed by atoms with Gasteiger partial charge in [0.2, 0.25) is 5.91 Å². The molecule has 0 fully saturated rings. The molecular formula is C14H12BrN3O3. The van der Waals surface area contributed by atoms with Gasteiger partial charge in [-0.1, -0.05) is 12.1 Å². The van der Waals surface area contributed by atoms with E-state index in [-0.39, 0.29) is 17.7 Å². The van der Waals surface area contributed by atoms with E-state index in [0.717, 1.165) is 0 Å². The number of pyridine rings is 1. The SMILES string of the molecule is NC(=O)c1ccccc1NC(=O)Cn1cc(Br)ccc1=O. The molecule has 0 saturated heterocycles. The fourth-order valence-corrected chi connectivity index (χ4v) is 2.16. The van der Waals surface area contributed by atoms with Crippen LogP contribution in [0.5, 0.6) is 0 Å². The van der Waals surface area contributed by atoms with Gasteiger partial charge >= 0.3 is 0 Å². The first-order chi connectivity index (χ1) is 9.97. The van der Waals surface area contributed by atoms with Crippen LogP contribution < -0.4 is 16.6 Å². The number of carbonyl (C=O) groups is 2. The average molecular weight is 350 g/mol. The predicted molar refractivity (Wildman–Crippen MR) is 82.0 cm³/mol. The average Bonchev–Trinajstić information content (AvgIpc) is 2.43. The maximum atomic E-state index is 12.0. The van der Waals surface area contributed by atoms with E-state index in [4.69, 9.17) is 5.73 Å².